The highest BCUT2D eigenvalue weighted by atomic mass is 35.5. The lowest BCUT2D eigenvalue weighted by Crippen LogP contribution is -2.28. The monoisotopic (exact) mass is 560 g/mol. The van der Waals surface area contributed by atoms with Crippen molar-refractivity contribution in [2.24, 2.45) is 5.92 Å². The van der Waals surface area contributed by atoms with Crippen LogP contribution < -0.4 is 10.2 Å². The number of alkyl halides is 2. The summed E-state index contributed by atoms with van der Waals surface area (Å²) in [6, 6.07) is 10.7. The molecule has 182 valence electrons. The van der Waals surface area contributed by atoms with Crippen LogP contribution in [0.25, 0.3) is 0 Å². The van der Waals surface area contributed by atoms with Crippen LogP contribution in [0.1, 0.15) is 21.8 Å². The van der Waals surface area contributed by atoms with E-state index in [2.05, 4.69) is 5.32 Å². The van der Waals surface area contributed by atoms with Crippen LogP contribution in [0, 0.1) is 23.4 Å². The maximum atomic E-state index is 14.5. The molecule has 1 aliphatic rings. The Bertz CT molecular complexity index is 1330. The molecule has 0 aromatic heterocycles. The van der Waals surface area contributed by atoms with Gasteiger partial charge in [0.15, 0.2) is 0 Å². The van der Waals surface area contributed by atoms with Crippen LogP contribution in [0.3, 0.4) is 0 Å². The summed E-state index contributed by atoms with van der Waals surface area (Å²) in [6.07, 6.45) is 0. The number of hydrogen-bond donors (Lipinski definition) is 1. The third-order valence-corrected chi connectivity index (χ3v) is 7.00. The number of benzene rings is 3. The van der Waals surface area contributed by atoms with Gasteiger partial charge in [0.05, 0.1) is 17.2 Å². The van der Waals surface area contributed by atoms with Gasteiger partial charge in [0.2, 0.25) is 5.91 Å². The van der Waals surface area contributed by atoms with E-state index >= 15 is 0 Å². The first-order valence-electron chi connectivity index (χ1n) is 10.1. The van der Waals surface area contributed by atoms with Crippen molar-refractivity contribution >= 4 is 69.6 Å². The highest BCUT2D eigenvalue weighted by molar-refractivity contribution is 6.53. The number of anilines is 2. The van der Waals surface area contributed by atoms with Gasteiger partial charge in [0.1, 0.15) is 21.8 Å². The Morgan fingerprint density at radius 1 is 0.914 bits per heavy atom. The van der Waals surface area contributed by atoms with E-state index in [1.807, 2.05) is 0 Å². The van der Waals surface area contributed by atoms with E-state index in [9.17, 15) is 22.8 Å². The van der Waals surface area contributed by atoms with Crippen LogP contribution in [0.15, 0.2) is 54.6 Å². The molecule has 1 N–H and O–H groups in total. The molecule has 4 nitrogen and oxygen atoms in total. The Kier molecular flexibility index (Phi) is 6.99. The minimum Gasteiger partial charge on any atom is -0.326 e. The van der Waals surface area contributed by atoms with Crippen molar-refractivity contribution in [1.82, 2.24) is 0 Å². The molecule has 0 bridgehead atoms. The number of nitrogens with one attached hydrogen (secondary N) is 1. The molecule has 2 atom stereocenters. The molecule has 1 saturated carbocycles. The fourth-order valence-corrected chi connectivity index (χ4v) is 5.22. The van der Waals surface area contributed by atoms with Crippen molar-refractivity contribution < 1.29 is 22.8 Å². The van der Waals surface area contributed by atoms with Crippen molar-refractivity contribution in [1.29, 1.82) is 0 Å². The molecular weight excluding hydrogens is 547 g/mol. The summed E-state index contributed by atoms with van der Waals surface area (Å²) in [6.45, 7) is 0. The van der Waals surface area contributed by atoms with E-state index in [0.717, 1.165) is 29.2 Å². The predicted molar refractivity (Wildman–Crippen MR) is 131 cm³/mol. The second-order valence-electron chi connectivity index (χ2n) is 7.98. The molecule has 3 aromatic carbocycles. The summed E-state index contributed by atoms with van der Waals surface area (Å²) in [5, 5.41) is 3.28. The highest BCUT2D eigenvalue weighted by Crippen LogP contribution is 2.65. The molecule has 1 fully saturated rings. The smallest absolute Gasteiger partial charge is 0.261 e. The first-order valence-corrected chi connectivity index (χ1v) is 11.6. The second-order valence-corrected chi connectivity index (χ2v) is 10.3. The quantitative estimate of drug-likeness (QED) is 0.334. The zero-order valence-corrected chi connectivity index (χ0v) is 20.8. The molecule has 0 unspecified atom stereocenters. The van der Waals surface area contributed by atoms with E-state index in [-0.39, 0.29) is 11.4 Å². The average Bonchev–Trinajstić information content (AvgIpc) is 3.35. The Morgan fingerprint density at radius 3 is 2.20 bits per heavy atom. The first-order chi connectivity index (χ1) is 16.4. The summed E-state index contributed by atoms with van der Waals surface area (Å²) >= 11 is 24.8. The van der Waals surface area contributed by atoms with Crippen LogP contribution in [0.4, 0.5) is 24.5 Å². The van der Waals surface area contributed by atoms with Crippen molar-refractivity contribution in [3.8, 4) is 0 Å². The van der Waals surface area contributed by atoms with E-state index < -0.39 is 51.0 Å². The van der Waals surface area contributed by atoms with Gasteiger partial charge in [-0.05, 0) is 54.1 Å². The Morgan fingerprint density at radius 2 is 1.57 bits per heavy atom. The van der Waals surface area contributed by atoms with Crippen LogP contribution in [-0.2, 0) is 4.79 Å². The standard InChI is InChI=1S/C24H15Cl4F3N2O2/c1-33(19-5-2-14(29)9-18(19)31)23(35)16-10-15(3-4-17(16)30)32-22(34)21-20(24(21,27)28)11-6-12(25)8-13(26)7-11/h2-10,20-21H,1H3,(H,32,34)/t20-,21+/m0/s1. The number of carbonyl (C=O) groups is 2. The molecule has 1 aliphatic carbocycles. The summed E-state index contributed by atoms with van der Waals surface area (Å²) < 4.78 is 40.3. The largest absolute Gasteiger partial charge is 0.326 e. The van der Waals surface area contributed by atoms with E-state index in [1.54, 1.807) is 12.1 Å². The fourth-order valence-electron chi connectivity index (χ4n) is 3.85. The van der Waals surface area contributed by atoms with Crippen LogP contribution in [0.5, 0.6) is 0 Å². The molecule has 0 saturated heterocycles. The third-order valence-electron chi connectivity index (χ3n) is 5.62. The van der Waals surface area contributed by atoms with Crippen LogP contribution in [0.2, 0.25) is 10.0 Å². The van der Waals surface area contributed by atoms with Gasteiger partial charge < -0.3 is 10.2 Å². The average molecular weight is 562 g/mol. The van der Waals surface area contributed by atoms with Gasteiger partial charge in [-0.3, -0.25) is 9.59 Å². The molecule has 0 radical (unpaired) electrons. The summed E-state index contributed by atoms with van der Waals surface area (Å²) in [5.41, 5.74) is -0.0245. The van der Waals surface area contributed by atoms with Crippen molar-refractivity contribution in [2.45, 2.75) is 10.3 Å². The molecule has 2 amide bonds. The number of halogens is 7. The zero-order chi connectivity index (χ0) is 25.7. The Balaban J connectivity index is 1.55. The minimum absolute atomic E-state index is 0.0895. The van der Waals surface area contributed by atoms with E-state index in [1.165, 1.54) is 19.2 Å². The number of hydrogen-bond acceptors (Lipinski definition) is 2. The number of rotatable bonds is 5. The fraction of sp³-hybridized carbons (Fsp3) is 0.167. The number of amides is 2. The van der Waals surface area contributed by atoms with Gasteiger partial charge in [-0.2, -0.15) is 0 Å². The zero-order valence-electron chi connectivity index (χ0n) is 17.8. The van der Waals surface area contributed by atoms with Gasteiger partial charge >= 0.3 is 0 Å². The molecular formula is C24H15Cl4F3N2O2. The first kappa shape index (κ1) is 25.6. The topological polar surface area (TPSA) is 49.4 Å². The summed E-state index contributed by atoms with van der Waals surface area (Å²) in [7, 11) is 1.21. The molecule has 11 heteroatoms. The van der Waals surface area contributed by atoms with Gasteiger partial charge in [0.25, 0.3) is 5.91 Å². The SMILES string of the molecule is CN(C(=O)c1cc(NC(=O)[C@H]2[C@H](c3cc(Cl)cc(Cl)c3)C2(Cl)Cl)ccc1F)c1ccc(F)cc1F. The summed E-state index contributed by atoms with van der Waals surface area (Å²) in [4.78, 5) is 26.6. The predicted octanol–water partition coefficient (Wildman–Crippen LogP) is 7.21. The Hall–Kier alpha value is -2.45. The maximum absolute atomic E-state index is 14.5. The number of carbonyl (C=O) groups excluding carboxylic acids is 2. The van der Waals surface area contributed by atoms with Crippen LogP contribution in [-0.4, -0.2) is 23.2 Å². The lowest BCUT2D eigenvalue weighted by molar-refractivity contribution is -0.117. The van der Waals surface area contributed by atoms with Crippen LogP contribution >= 0.6 is 46.4 Å². The summed E-state index contributed by atoms with van der Waals surface area (Å²) in [5.74, 6) is -5.67. The molecule has 0 aliphatic heterocycles. The second kappa shape index (κ2) is 9.54. The molecule has 0 spiro atoms. The van der Waals surface area contributed by atoms with Crippen molar-refractivity contribution in [2.75, 3.05) is 17.3 Å². The van der Waals surface area contributed by atoms with E-state index in [4.69, 9.17) is 46.4 Å². The maximum Gasteiger partial charge on any atom is 0.261 e. The lowest BCUT2D eigenvalue weighted by Gasteiger charge is -2.19. The molecule has 0 heterocycles. The third kappa shape index (κ3) is 5.09. The minimum atomic E-state index is -1.43. The van der Waals surface area contributed by atoms with Crippen molar-refractivity contribution in [3.05, 3.63) is 93.2 Å². The van der Waals surface area contributed by atoms with Crippen molar-refractivity contribution in [3.63, 3.8) is 0 Å². The van der Waals surface area contributed by atoms with Gasteiger partial charge in [-0.15, -0.1) is 23.2 Å². The lowest BCUT2D eigenvalue weighted by atomic mass is 10.1. The van der Waals surface area contributed by atoms with E-state index in [0.29, 0.717) is 21.7 Å². The Labute approximate surface area is 218 Å². The molecule has 3 aromatic rings. The normalized spacial score (nSPS) is 18.2. The number of nitrogens with zero attached hydrogens (tertiary/aromatic N) is 1. The van der Waals surface area contributed by atoms with Gasteiger partial charge in [0, 0.05) is 34.8 Å². The highest BCUT2D eigenvalue weighted by Gasteiger charge is 2.67. The molecule has 35 heavy (non-hydrogen) atoms. The molecule has 4 rings (SSSR count). The van der Waals surface area contributed by atoms with Gasteiger partial charge in [-0.1, -0.05) is 23.2 Å². The van der Waals surface area contributed by atoms with Gasteiger partial charge in [-0.25, -0.2) is 13.2 Å².